The number of carboxylic acid groups (broad SMARTS) is 1. The van der Waals surface area contributed by atoms with Crippen molar-refractivity contribution in [3.8, 4) is 22.9 Å². The van der Waals surface area contributed by atoms with Crippen molar-refractivity contribution in [1.82, 2.24) is 14.5 Å². The standard InChI is InChI=1S/C17H19N3O4/c1-17(2,3)20-12-8-19(16(21)22)7-11(12)18-15(20)10-4-5-13-14(6-10)24-9-23-13/h4-6H,7-9H2,1-3H3,(H,21,22). The van der Waals surface area contributed by atoms with Gasteiger partial charge in [-0.25, -0.2) is 9.78 Å². The monoisotopic (exact) mass is 329 g/mol. The van der Waals surface area contributed by atoms with Crippen molar-refractivity contribution in [3.63, 3.8) is 0 Å². The molecule has 4 rings (SSSR count). The van der Waals surface area contributed by atoms with Gasteiger partial charge < -0.3 is 19.1 Å². The zero-order valence-corrected chi connectivity index (χ0v) is 13.9. The molecule has 7 heteroatoms. The number of hydrogen-bond acceptors (Lipinski definition) is 4. The molecule has 2 aliphatic rings. The molecule has 0 unspecified atom stereocenters. The van der Waals surface area contributed by atoms with E-state index in [4.69, 9.17) is 14.5 Å². The van der Waals surface area contributed by atoms with E-state index >= 15 is 0 Å². The van der Waals surface area contributed by atoms with Gasteiger partial charge in [-0.3, -0.25) is 4.90 Å². The lowest BCUT2D eigenvalue weighted by atomic mass is 10.1. The van der Waals surface area contributed by atoms with E-state index in [1.165, 1.54) is 4.90 Å². The second-order valence-electron chi connectivity index (χ2n) is 7.04. The van der Waals surface area contributed by atoms with Crippen molar-refractivity contribution >= 4 is 6.09 Å². The average molecular weight is 329 g/mol. The fraction of sp³-hybridized carbons (Fsp3) is 0.412. The fourth-order valence-electron chi connectivity index (χ4n) is 3.29. The van der Waals surface area contributed by atoms with E-state index in [2.05, 4.69) is 25.3 Å². The predicted octanol–water partition coefficient (Wildman–Crippen LogP) is 3.03. The van der Waals surface area contributed by atoms with Gasteiger partial charge in [0.2, 0.25) is 6.79 Å². The van der Waals surface area contributed by atoms with E-state index in [1.807, 2.05) is 18.2 Å². The summed E-state index contributed by atoms with van der Waals surface area (Å²) in [5.41, 5.74) is 2.49. The minimum atomic E-state index is -0.918. The van der Waals surface area contributed by atoms with Gasteiger partial charge in [-0.1, -0.05) is 0 Å². The SMILES string of the molecule is CC(C)(C)n1c(-c2ccc3c(c2)OCO3)nc2c1CN(C(=O)O)C2. The first-order valence-electron chi connectivity index (χ1n) is 7.83. The molecule has 2 aliphatic heterocycles. The first-order valence-corrected chi connectivity index (χ1v) is 7.83. The Morgan fingerprint density at radius 3 is 2.67 bits per heavy atom. The Hall–Kier alpha value is -2.70. The molecular weight excluding hydrogens is 310 g/mol. The van der Waals surface area contributed by atoms with E-state index < -0.39 is 6.09 Å². The molecule has 0 fully saturated rings. The highest BCUT2D eigenvalue weighted by atomic mass is 16.7. The number of benzene rings is 1. The van der Waals surface area contributed by atoms with Gasteiger partial charge >= 0.3 is 6.09 Å². The smallest absolute Gasteiger partial charge is 0.408 e. The first kappa shape index (κ1) is 14.9. The van der Waals surface area contributed by atoms with E-state index in [0.29, 0.717) is 18.8 Å². The molecule has 0 radical (unpaired) electrons. The molecule has 0 saturated carbocycles. The van der Waals surface area contributed by atoms with E-state index in [9.17, 15) is 9.90 Å². The van der Waals surface area contributed by atoms with Crippen LogP contribution in [0.3, 0.4) is 0 Å². The normalized spacial score (nSPS) is 15.7. The van der Waals surface area contributed by atoms with Crippen molar-refractivity contribution in [2.45, 2.75) is 39.4 Å². The predicted molar refractivity (Wildman–Crippen MR) is 86.1 cm³/mol. The quantitative estimate of drug-likeness (QED) is 0.870. The maximum absolute atomic E-state index is 11.3. The largest absolute Gasteiger partial charge is 0.465 e. The third-order valence-electron chi connectivity index (χ3n) is 4.31. The van der Waals surface area contributed by atoms with Crippen LogP contribution in [0.2, 0.25) is 0 Å². The Bertz CT molecular complexity index is 835. The summed E-state index contributed by atoms with van der Waals surface area (Å²) in [4.78, 5) is 17.4. The number of amides is 1. The Morgan fingerprint density at radius 1 is 1.21 bits per heavy atom. The number of carbonyl (C=O) groups is 1. The Balaban J connectivity index is 1.83. The Labute approximate surface area is 139 Å². The maximum atomic E-state index is 11.3. The molecule has 0 aliphatic carbocycles. The van der Waals surface area contributed by atoms with Crippen molar-refractivity contribution < 1.29 is 19.4 Å². The van der Waals surface area contributed by atoms with Crippen LogP contribution in [0.5, 0.6) is 11.5 Å². The Morgan fingerprint density at radius 2 is 1.96 bits per heavy atom. The average Bonchev–Trinajstić information content (AvgIpc) is 3.17. The molecule has 0 bridgehead atoms. The minimum Gasteiger partial charge on any atom is -0.465 e. The second kappa shape index (κ2) is 4.90. The molecule has 0 atom stereocenters. The molecule has 1 aromatic carbocycles. The lowest BCUT2D eigenvalue weighted by molar-refractivity contribution is 0.143. The summed E-state index contributed by atoms with van der Waals surface area (Å²) in [6.07, 6.45) is -0.918. The van der Waals surface area contributed by atoms with Gasteiger partial charge in [0.05, 0.1) is 24.5 Å². The van der Waals surface area contributed by atoms with Crippen molar-refractivity contribution in [3.05, 3.63) is 29.6 Å². The zero-order chi connectivity index (χ0) is 17.1. The van der Waals surface area contributed by atoms with Crippen LogP contribution in [0.4, 0.5) is 4.79 Å². The van der Waals surface area contributed by atoms with Gasteiger partial charge in [-0.05, 0) is 39.0 Å². The van der Waals surface area contributed by atoms with Crippen LogP contribution in [0.1, 0.15) is 32.2 Å². The molecule has 1 N–H and O–H groups in total. The highest BCUT2D eigenvalue weighted by molar-refractivity contribution is 5.67. The summed E-state index contributed by atoms with van der Waals surface area (Å²) in [5, 5.41) is 9.25. The highest BCUT2D eigenvalue weighted by Crippen LogP contribution is 2.39. The molecule has 1 aromatic heterocycles. The third kappa shape index (κ3) is 2.19. The number of hydrogen-bond donors (Lipinski definition) is 1. The van der Waals surface area contributed by atoms with E-state index in [-0.39, 0.29) is 12.3 Å². The van der Waals surface area contributed by atoms with Crippen LogP contribution in [0, 0.1) is 0 Å². The maximum Gasteiger partial charge on any atom is 0.408 e. The van der Waals surface area contributed by atoms with Crippen molar-refractivity contribution in [1.29, 1.82) is 0 Å². The number of rotatable bonds is 1. The summed E-state index contributed by atoms with van der Waals surface area (Å²) in [6, 6.07) is 5.77. The molecule has 7 nitrogen and oxygen atoms in total. The van der Waals surface area contributed by atoms with Gasteiger partial charge in [0.15, 0.2) is 11.5 Å². The molecule has 1 amide bonds. The number of nitrogens with zero attached hydrogens (tertiary/aromatic N) is 3. The lowest BCUT2D eigenvalue weighted by Crippen LogP contribution is -2.28. The van der Waals surface area contributed by atoms with Gasteiger partial charge in [0.1, 0.15) is 5.82 Å². The summed E-state index contributed by atoms with van der Waals surface area (Å²) in [6.45, 7) is 7.19. The number of fused-ring (bicyclic) bond motifs is 2. The van der Waals surface area contributed by atoms with Crippen LogP contribution < -0.4 is 9.47 Å². The number of ether oxygens (including phenoxy) is 2. The van der Waals surface area contributed by atoms with Gasteiger partial charge in [0, 0.05) is 11.1 Å². The van der Waals surface area contributed by atoms with Crippen LogP contribution in [0.25, 0.3) is 11.4 Å². The molecular formula is C17H19N3O4. The Kier molecular flexibility index (Phi) is 3.03. The van der Waals surface area contributed by atoms with Crippen LogP contribution >= 0.6 is 0 Å². The molecule has 24 heavy (non-hydrogen) atoms. The zero-order valence-electron chi connectivity index (χ0n) is 13.9. The molecule has 3 heterocycles. The summed E-state index contributed by atoms with van der Waals surface area (Å²) in [5.74, 6) is 2.27. The van der Waals surface area contributed by atoms with Crippen LogP contribution in [0.15, 0.2) is 18.2 Å². The number of aromatic nitrogens is 2. The van der Waals surface area contributed by atoms with E-state index in [1.54, 1.807) is 0 Å². The lowest BCUT2D eigenvalue weighted by Gasteiger charge is -2.26. The van der Waals surface area contributed by atoms with E-state index in [0.717, 1.165) is 28.5 Å². The van der Waals surface area contributed by atoms with Gasteiger partial charge in [-0.2, -0.15) is 0 Å². The van der Waals surface area contributed by atoms with Crippen molar-refractivity contribution in [2.75, 3.05) is 6.79 Å². The number of imidazole rings is 1. The third-order valence-corrected chi connectivity index (χ3v) is 4.31. The highest BCUT2D eigenvalue weighted by Gasteiger charge is 2.34. The second-order valence-corrected chi connectivity index (χ2v) is 7.04. The molecule has 126 valence electrons. The van der Waals surface area contributed by atoms with Crippen molar-refractivity contribution in [2.24, 2.45) is 0 Å². The summed E-state index contributed by atoms with van der Waals surface area (Å²) in [7, 11) is 0. The first-order chi connectivity index (χ1) is 11.3. The molecule has 0 spiro atoms. The minimum absolute atomic E-state index is 0.221. The van der Waals surface area contributed by atoms with Crippen LogP contribution in [-0.4, -0.2) is 32.4 Å². The topological polar surface area (TPSA) is 76.8 Å². The summed E-state index contributed by atoms with van der Waals surface area (Å²) >= 11 is 0. The summed E-state index contributed by atoms with van der Waals surface area (Å²) < 4.78 is 13.0. The van der Waals surface area contributed by atoms with Gasteiger partial charge in [0.25, 0.3) is 0 Å². The molecule has 0 saturated heterocycles. The van der Waals surface area contributed by atoms with Gasteiger partial charge in [-0.15, -0.1) is 0 Å². The fourth-order valence-corrected chi connectivity index (χ4v) is 3.29. The van der Waals surface area contributed by atoms with Crippen LogP contribution in [-0.2, 0) is 18.6 Å². The molecule has 2 aromatic rings.